The lowest BCUT2D eigenvalue weighted by molar-refractivity contribution is 0.0952. The van der Waals surface area contributed by atoms with E-state index in [1.165, 1.54) is 16.2 Å². The topological polar surface area (TPSA) is 104 Å². The number of rotatable bonds is 6. The fourth-order valence-corrected chi connectivity index (χ4v) is 3.47. The molecule has 30 heavy (non-hydrogen) atoms. The van der Waals surface area contributed by atoms with Gasteiger partial charge in [0.05, 0.1) is 18.1 Å². The highest BCUT2D eigenvalue weighted by Gasteiger charge is 2.21. The van der Waals surface area contributed by atoms with Crippen molar-refractivity contribution >= 4 is 16.9 Å². The fraction of sp³-hybridized carbons (Fsp3) is 0.333. The number of aryl methyl sites for hydroxylation is 2. The number of aromatic nitrogens is 3. The lowest BCUT2D eigenvalue weighted by atomic mass is 10.1. The summed E-state index contributed by atoms with van der Waals surface area (Å²) in [6.45, 7) is 4.02. The maximum Gasteiger partial charge on any atom is 0.332 e. The monoisotopic (exact) mass is 412 g/mol. The standard InChI is InChI=1S/C21H24N4O5/c1-5-24-16(26)11-15(17-19(24)23(3)21(29)25(6-2)20(17)28)18(27)22-12-13-7-9-14(30-4)10-8-13/h7-11H,5-6,12H2,1-4H3,(H,22,27). The van der Waals surface area contributed by atoms with Gasteiger partial charge in [-0.25, -0.2) is 4.79 Å². The van der Waals surface area contributed by atoms with Crippen LogP contribution in [0.15, 0.2) is 44.7 Å². The first kappa shape index (κ1) is 21.1. The van der Waals surface area contributed by atoms with Gasteiger partial charge >= 0.3 is 5.69 Å². The van der Waals surface area contributed by atoms with Crippen molar-refractivity contribution < 1.29 is 9.53 Å². The second-order valence-corrected chi connectivity index (χ2v) is 6.76. The Kier molecular flexibility index (Phi) is 5.91. The number of amides is 1. The summed E-state index contributed by atoms with van der Waals surface area (Å²) in [5.74, 6) is 0.134. The molecule has 0 saturated carbocycles. The van der Waals surface area contributed by atoms with E-state index >= 15 is 0 Å². The summed E-state index contributed by atoms with van der Waals surface area (Å²) in [4.78, 5) is 51.1. The maximum atomic E-state index is 13.0. The van der Waals surface area contributed by atoms with Crippen molar-refractivity contribution in [1.82, 2.24) is 19.0 Å². The van der Waals surface area contributed by atoms with Gasteiger partial charge in [0, 0.05) is 32.7 Å². The van der Waals surface area contributed by atoms with Gasteiger partial charge < -0.3 is 10.1 Å². The first-order valence-electron chi connectivity index (χ1n) is 9.62. The number of carbonyl (C=O) groups excluding carboxylic acids is 1. The van der Waals surface area contributed by atoms with Crippen LogP contribution >= 0.6 is 0 Å². The van der Waals surface area contributed by atoms with Crippen LogP contribution in [0.5, 0.6) is 5.75 Å². The zero-order valence-corrected chi connectivity index (χ0v) is 17.4. The molecule has 1 N–H and O–H groups in total. The number of methoxy groups -OCH3 is 1. The minimum absolute atomic E-state index is 0.0454. The molecule has 2 heterocycles. The third-order valence-corrected chi connectivity index (χ3v) is 5.07. The molecule has 0 atom stereocenters. The van der Waals surface area contributed by atoms with Crippen LogP contribution in [0.1, 0.15) is 29.8 Å². The number of hydrogen-bond donors (Lipinski definition) is 1. The average Bonchev–Trinajstić information content (AvgIpc) is 2.75. The van der Waals surface area contributed by atoms with E-state index in [0.29, 0.717) is 5.75 Å². The Bertz CT molecular complexity index is 1280. The van der Waals surface area contributed by atoms with Crippen LogP contribution < -0.4 is 26.9 Å². The van der Waals surface area contributed by atoms with Gasteiger partial charge in [0.1, 0.15) is 11.4 Å². The van der Waals surface area contributed by atoms with Crippen molar-refractivity contribution in [2.24, 2.45) is 7.05 Å². The van der Waals surface area contributed by atoms with Gasteiger partial charge in [-0.05, 0) is 31.5 Å². The third-order valence-electron chi connectivity index (χ3n) is 5.07. The lowest BCUT2D eigenvalue weighted by Gasteiger charge is -2.16. The van der Waals surface area contributed by atoms with Crippen LogP contribution in [0.4, 0.5) is 0 Å². The van der Waals surface area contributed by atoms with Crippen LogP contribution in [0.25, 0.3) is 11.0 Å². The molecule has 0 aliphatic rings. The van der Waals surface area contributed by atoms with Gasteiger partial charge in [-0.15, -0.1) is 0 Å². The van der Waals surface area contributed by atoms with Crippen molar-refractivity contribution in [2.75, 3.05) is 7.11 Å². The first-order valence-corrected chi connectivity index (χ1v) is 9.62. The molecule has 1 amide bonds. The summed E-state index contributed by atoms with van der Waals surface area (Å²) in [5, 5.41) is 2.79. The minimum Gasteiger partial charge on any atom is -0.497 e. The summed E-state index contributed by atoms with van der Waals surface area (Å²) in [6, 6.07) is 8.31. The third kappa shape index (κ3) is 3.54. The summed E-state index contributed by atoms with van der Waals surface area (Å²) < 4.78 is 8.72. The van der Waals surface area contributed by atoms with Gasteiger partial charge in [0.25, 0.3) is 17.0 Å². The van der Waals surface area contributed by atoms with Gasteiger partial charge in [-0.2, -0.15) is 0 Å². The van der Waals surface area contributed by atoms with Crippen molar-refractivity contribution in [3.8, 4) is 5.75 Å². The lowest BCUT2D eigenvalue weighted by Crippen LogP contribution is -2.42. The Morgan fingerprint density at radius 1 is 1.03 bits per heavy atom. The summed E-state index contributed by atoms with van der Waals surface area (Å²) in [7, 11) is 3.05. The Hall–Kier alpha value is -3.62. The molecule has 3 rings (SSSR count). The van der Waals surface area contributed by atoms with E-state index in [1.807, 2.05) is 0 Å². The summed E-state index contributed by atoms with van der Waals surface area (Å²) in [6.07, 6.45) is 0. The molecule has 0 radical (unpaired) electrons. The molecule has 9 nitrogen and oxygen atoms in total. The Balaban J connectivity index is 2.14. The van der Waals surface area contributed by atoms with Crippen molar-refractivity contribution in [3.05, 3.63) is 72.7 Å². The molecular weight excluding hydrogens is 388 g/mol. The van der Waals surface area contributed by atoms with Gasteiger partial charge in [-0.3, -0.25) is 28.1 Å². The normalized spacial score (nSPS) is 10.9. The van der Waals surface area contributed by atoms with Crippen LogP contribution in [-0.2, 0) is 26.7 Å². The number of benzene rings is 1. The highest BCUT2D eigenvalue weighted by atomic mass is 16.5. The molecule has 158 valence electrons. The molecule has 2 aromatic heterocycles. The molecule has 3 aromatic rings. The molecule has 0 aliphatic heterocycles. The van der Waals surface area contributed by atoms with E-state index in [-0.39, 0.29) is 36.2 Å². The smallest absolute Gasteiger partial charge is 0.332 e. The number of fused-ring (bicyclic) bond motifs is 1. The van der Waals surface area contributed by atoms with Crippen LogP contribution in [0.3, 0.4) is 0 Å². The maximum absolute atomic E-state index is 13.0. The van der Waals surface area contributed by atoms with Crippen molar-refractivity contribution in [2.45, 2.75) is 33.5 Å². The van der Waals surface area contributed by atoms with Crippen LogP contribution in [0.2, 0.25) is 0 Å². The zero-order chi connectivity index (χ0) is 22.0. The predicted molar refractivity (Wildman–Crippen MR) is 113 cm³/mol. The number of nitrogens with zero attached hydrogens (tertiary/aromatic N) is 3. The highest BCUT2D eigenvalue weighted by molar-refractivity contribution is 6.05. The van der Waals surface area contributed by atoms with Gasteiger partial charge in [-0.1, -0.05) is 12.1 Å². The van der Waals surface area contributed by atoms with E-state index in [4.69, 9.17) is 4.74 Å². The molecule has 0 spiro atoms. The number of hydrogen-bond acceptors (Lipinski definition) is 5. The molecule has 9 heteroatoms. The quantitative estimate of drug-likeness (QED) is 0.646. The van der Waals surface area contributed by atoms with Crippen molar-refractivity contribution in [1.29, 1.82) is 0 Å². The fourth-order valence-electron chi connectivity index (χ4n) is 3.47. The number of pyridine rings is 1. The Labute approximate surface area is 172 Å². The summed E-state index contributed by atoms with van der Waals surface area (Å²) in [5.41, 5.74) is -0.660. The highest BCUT2D eigenvalue weighted by Crippen LogP contribution is 2.14. The largest absolute Gasteiger partial charge is 0.497 e. The van der Waals surface area contributed by atoms with E-state index in [9.17, 15) is 19.2 Å². The zero-order valence-electron chi connectivity index (χ0n) is 17.4. The SMILES string of the molecule is CCn1c(=O)c2c(C(=O)NCc3ccc(OC)cc3)cc(=O)n(CC)c2n(C)c1=O. The molecule has 0 aliphatic carbocycles. The molecule has 0 fully saturated rings. The molecular formula is C21H24N4O5. The van der Waals surface area contributed by atoms with Gasteiger partial charge in [0.2, 0.25) is 0 Å². The second kappa shape index (κ2) is 8.40. The molecule has 0 unspecified atom stereocenters. The van der Waals surface area contributed by atoms with E-state index in [2.05, 4.69) is 5.32 Å². The van der Waals surface area contributed by atoms with Crippen LogP contribution in [-0.4, -0.2) is 26.7 Å². The summed E-state index contributed by atoms with van der Waals surface area (Å²) >= 11 is 0. The predicted octanol–water partition coefficient (Wildman–Crippen LogP) is 0.840. The first-order chi connectivity index (χ1) is 14.3. The molecule has 0 saturated heterocycles. The van der Waals surface area contributed by atoms with E-state index in [0.717, 1.165) is 16.2 Å². The molecule has 0 bridgehead atoms. The number of ether oxygens (including phenoxy) is 1. The Morgan fingerprint density at radius 2 is 1.67 bits per heavy atom. The average molecular weight is 412 g/mol. The van der Waals surface area contributed by atoms with Crippen molar-refractivity contribution in [3.63, 3.8) is 0 Å². The minimum atomic E-state index is -0.590. The van der Waals surface area contributed by atoms with Crippen LogP contribution in [0, 0.1) is 0 Å². The second-order valence-electron chi connectivity index (χ2n) is 6.76. The Morgan fingerprint density at radius 3 is 2.23 bits per heavy atom. The van der Waals surface area contributed by atoms with E-state index in [1.54, 1.807) is 45.2 Å². The number of carbonyl (C=O) groups is 1. The molecule has 1 aromatic carbocycles. The van der Waals surface area contributed by atoms with Gasteiger partial charge in [0.15, 0.2) is 0 Å². The number of nitrogens with one attached hydrogen (secondary N) is 1. The van der Waals surface area contributed by atoms with E-state index < -0.39 is 22.7 Å².